The standard InChI is InChI=1S/C12H25NO/c1-12(9-13,10-14)8-11-6-4-2-3-5-7-11/h11,14H,2-10,13H2,1H3. The zero-order chi connectivity index (χ0) is 10.4. The maximum atomic E-state index is 9.31. The first-order chi connectivity index (χ1) is 6.70. The van der Waals surface area contributed by atoms with E-state index < -0.39 is 0 Å². The van der Waals surface area contributed by atoms with Gasteiger partial charge in [0.15, 0.2) is 0 Å². The van der Waals surface area contributed by atoms with E-state index in [0.29, 0.717) is 6.54 Å². The van der Waals surface area contributed by atoms with Crippen LogP contribution in [0.25, 0.3) is 0 Å². The summed E-state index contributed by atoms with van der Waals surface area (Å²) in [5, 5.41) is 9.31. The van der Waals surface area contributed by atoms with Crippen LogP contribution in [0, 0.1) is 11.3 Å². The summed E-state index contributed by atoms with van der Waals surface area (Å²) in [6, 6.07) is 0. The molecule has 0 radical (unpaired) electrons. The molecule has 2 heteroatoms. The number of hydrogen-bond acceptors (Lipinski definition) is 2. The van der Waals surface area contributed by atoms with E-state index in [1.807, 2.05) is 0 Å². The van der Waals surface area contributed by atoms with E-state index in [2.05, 4.69) is 6.92 Å². The first-order valence-electron chi connectivity index (χ1n) is 6.01. The minimum Gasteiger partial charge on any atom is -0.396 e. The summed E-state index contributed by atoms with van der Waals surface area (Å²) in [4.78, 5) is 0. The van der Waals surface area contributed by atoms with Crippen LogP contribution in [0.2, 0.25) is 0 Å². The monoisotopic (exact) mass is 199 g/mol. The largest absolute Gasteiger partial charge is 0.396 e. The van der Waals surface area contributed by atoms with Crippen molar-refractivity contribution in [2.75, 3.05) is 13.2 Å². The quantitative estimate of drug-likeness (QED) is 0.682. The Labute approximate surface area is 87.9 Å². The third-order valence-corrected chi connectivity index (χ3v) is 3.63. The topological polar surface area (TPSA) is 46.2 Å². The number of aliphatic hydroxyl groups excluding tert-OH is 1. The molecule has 1 aliphatic rings. The lowest BCUT2D eigenvalue weighted by Gasteiger charge is -2.29. The summed E-state index contributed by atoms with van der Waals surface area (Å²) >= 11 is 0. The summed E-state index contributed by atoms with van der Waals surface area (Å²) in [6.07, 6.45) is 9.34. The van der Waals surface area contributed by atoms with Crippen molar-refractivity contribution in [3.8, 4) is 0 Å². The van der Waals surface area contributed by atoms with Crippen LogP contribution in [0.1, 0.15) is 51.9 Å². The maximum Gasteiger partial charge on any atom is 0.0496 e. The highest BCUT2D eigenvalue weighted by Crippen LogP contribution is 2.33. The fourth-order valence-corrected chi connectivity index (χ4v) is 2.48. The number of aliphatic hydroxyl groups is 1. The smallest absolute Gasteiger partial charge is 0.0496 e. The molecule has 1 atom stereocenters. The van der Waals surface area contributed by atoms with Gasteiger partial charge in [-0.15, -0.1) is 0 Å². The molecule has 2 nitrogen and oxygen atoms in total. The Kier molecular flexibility index (Phi) is 4.90. The van der Waals surface area contributed by atoms with E-state index in [1.165, 1.54) is 38.5 Å². The highest BCUT2D eigenvalue weighted by molar-refractivity contribution is 4.79. The third kappa shape index (κ3) is 3.58. The Bertz CT molecular complexity index is 146. The van der Waals surface area contributed by atoms with E-state index >= 15 is 0 Å². The number of nitrogens with two attached hydrogens (primary N) is 1. The molecule has 0 aromatic rings. The van der Waals surface area contributed by atoms with Crippen molar-refractivity contribution in [1.29, 1.82) is 0 Å². The molecule has 0 heterocycles. The average molecular weight is 199 g/mol. The maximum absolute atomic E-state index is 9.31. The van der Waals surface area contributed by atoms with E-state index in [0.717, 1.165) is 12.3 Å². The van der Waals surface area contributed by atoms with Crippen LogP contribution in [0.15, 0.2) is 0 Å². The molecule has 0 bridgehead atoms. The predicted molar refractivity (Wildman–Crippen MR) is 60.1 cm³/mol. The predicted octanol–water partition coefficient (Wildman–Crippen LogP) is 2.30. The lowest BCUT2D eigenvalue weighted by atomic mass is 9.79. The van der Waals surface area contributed by atoms with Gasteiger partial charge in [-0.05, 0) is 18.9 Å². The molecule has 1 fully saturated rings. The molecule has 0 aromatic heterocycles. The first kappa shape index (κ1) is 12.0. The first-order valence-corrected chi connectivity index (χ1v) is 6.01. The highest BCUT2D eigenvalue weighted by atomic mass is 16.3. The van der Waals surface area contributed by atoms with Crippen LogP contribution in [-0.2, 0) is 0 Å². The highest BCUT2D eigenvalue weighted by Gasteiger charge is 2.26. The molecule has 1 aliphatic carbocycles. The number of hydrogen-bond donors (Lipinski definition) is 2. The van der Waals surface area contributed by atoms with Gasteiger partial charge in [-0.2, -0.15) is 0 Å². The minimum atomic E-state index is -0.0327. The van der Waals surface area contributed by atoms with Gasteiger partial charge in [0.2, 0.25) is 0 Å². The molecule has 0 aromatic carbocycles. The molecule has 0 saturated heterocycles. The second-order valence-corrected chi connectivity index (χ2v) is 5.23. The molecule has 0 spiro atoms. The molecule has 3 N–H and O–H groups in total. The minimum absolute atomic E-state index is 0.0327. The van der Waals surface area contributed by atoms with Crippen LogP contribution in [-0.4, -0.2) is 18.3 Å². The molecule has 1 unspecified atom stereocenters. The van der Waals surface area contributed by atoms with Crippen molar-refractivity contribution in [2.24, 2.45) is 17.1 Å². The van der Waals surface area contributed by atoms with Crippen LogP contribution < -0.4 is 5.73 Å². The van der Waals surface area contributed by atoms with Gasteiger partial charge in [0.25, 0.3) is 0 Å². The zero-order valence-electron chi connectivity index (χ0n) is 9.47. The van der Waals surface area contributed by atoms with E-state index in [4.69, 9.17) is 5.73 Å². The molecule has 84 valence electrons. The van der Waals surface area contributed by atoms with Crippen LogP contribution in [0.3, 0.4) is 0 Å². The Hall–Kier alpha value is -0.0800. The normalized spacial score (nSPS) is 24.2. The number of rotatable bonds is 4. The second kappa shape index (κ2) is 5.72. The molecule has 14 heavy (non-hydrogen) atoms. The molecule has 0 aliphatic heterocycles. The van der Waals surface area contributed by atoms with Crippen molar-refractivity contribution in [3.63, 3.8) is 0 Å². The van der Waals surface area contributed by atoms with E-state index in [9.17, 15) is 5.11 Å². The van der Waals surface area contributed by atoms with Crippen molar-refractivity contribution in [2.45, 2.75) is 51.9 Å². The van der Waals surface area contributed by atoms with Crippen molar-refractivity contribution >= 4 is 0 Å². The zero-order valence-corrected chi connectivity index (χ0v) is 9.47. The van der Waals surface area contributed by atoms with Gasteiger partial charge in [-0.3, -0.25) is 0 Å². The van der Waals surface area contributed by atoms with Crippen LogP contribution >= 0.6 is 0 Å². The summed E-state index contributed by atoms with van der Waals surface area (Å²) < 4.78 is 0. The van der Waals surface area contributed by atoms with Crippen molar-refractivity contribution in [3.05, 3.63) is 0 Å². The van der Waals surface area contributed by atoms with Crippen LogP contribution in [0.5, 0.6) is 0 Å². The van der Waals surface area contributed by atoms with Gasteiger partial charge in [-0.25, -0.2) is 0 Å². The van der Waals surface area contributed by atoms with Crippen molar-refractivity contribution in [1.82, 2.24) is 0 Å². The summed E-state index contributed by atoms with van der Waals surface area (Å²) in [5.41, 5.74) is 5.68. The second-order valence-electron chi connectivity index (χ2n) is 5.23. The Morgan fingerprint density at radius 2 is 1.79 bits per heavy atom. The average Bonchev–Trinajstić information content (AvgIpc) is 2.46. The van der Waals surface area contributed by atoms with Gasteiger partial charge >= 0.3 is 0 Å². The van der Waals surface area contributed by atoms with E-state index in [1.54, 1.807) is 0 Å². The van der Waals surface area contributed by atoms with E-state index in [-0.39, 0.29) is 12.0 Å². The van der Waals surface area contributed by atoms with Crippen molar-refractivity contribution < 1.29 is 5.11 Å². The molecule has 0 amide bonds. The van der Waals surface area contributed by atoms with Gasteiger partial charge in [-0.1, -0.05) is 45.4 Å². The summed E-state index contributed by atoms with van der Waals surface area (Å²) in [6.45, 7) is 2.96. The van der Waals surface area contributed by atoms with Gasteiger partial charge in [0.05, 0.1) is 0 Å². The summed E-state index contributed by atoms with van der Waals surface area (Å²) in [5.74, 6) is 0.804. The summed E-state index contributed by atoms with van der Waals surface area (Å²) in [7, 11) is 0. The SMILES string of the molecule is CC(CN)(CO)CC1CCCCCC1. The van der Waals surface area contributed by atoms with Crippen LogP contribution in [0.4, 0.5) is 0 Å². The Morgan fingerprint density at radius 1 is 1.21 bits per heavy atom. The Morgan fingerprint density at radius 3 is 2.21 bits per heavy atom. The third-order valence-electron chi connectivity index (χ3n) is 3.63. The molecular weight excluding hydrogens is 174 g/mol. The Balaban J connectivity index is 2.39. The fourth-order valence-electron chi connectivity index (χ4n) is 2.48. The van der Waals surface area contributed by atoms with Gasteiger partial charge in [0.1, 0.15) is 0 Å². The molecular formula is C12H25NO. The molecule has 1 rings (SSSR count). The van der Waals surface area contributed by atoms with Gasteiger partial charge < -0.3 is 10.8 Å². The fraction of sp³-hybridized carbons (Fsp3) is 1.00. The lowest BCUT2D eigenvalue weighted by molar-refractivity contribution is 0.116. The lowest BCUT2D eigenvalue weighted by Crippen LogP contribution is -2.33. The van der Waals surface area contributed by atoms with Gasteiger partial charge in [0, 0.05) is 12.0 Å². The molecule has 1 saturated carbocycles.